The second-order valence-corrected chi connectivity index (χ2v) is 13.2. The molecule has 0 fully saturated rings. The molecule has 0 unspecified atom stereocenters. The zero-order valence-corrected chi connectivity index (χ0v) is 29.1. The van der Waals surface area contributed by atoms with Crippen molar-refractivity contribution in [2.24, 2.45) is 0 Å². The van der Waals surface area contributed by atoms with Crippen LogP contribution in [0, 0.1) is 68.0 Å². The maximum Gasteiger partial charge on any atom is 0.101 e. The quantitative estimate of drug-likeness (QED) is 0.129. The molecule has 0 spiro atoms. The van der Waals surface area contributed by atoms with Gasteiger partial charge in [0, 0.05) is 34.3 Å². The molecule has 9 aromatic rings. The van der Waals surface area contributed by atoms with Gasteiger partial charge < -0.3 is 0 Å². The lowest BCUT2D eigenvalue weighted by atomic mass is 9.87. The monoisotopic (exact) mass is 708 g/mol. The average Bonchev–Trinajstić information content (AvgIpc) is 3.26. The van der Waals surface area contributed by atoms with Gasteiger partial charge in [-0.1, -0.05) is 42.5 Å². The lowest BCUT2D eigenvalue weighted by Gasteiger charge is -2.17. The molecule has 7 aromatic carbocycles. The van der Waals surface area contributed by atoms with E-state index in [1.54, 1.807) is 54.9 Å². The number of rotatable bonds is 3. The molecule has 0 saturated heterocycles. The zero-order chi connectivity index (χ0) is 38.5. The minimum Gasteiger partial charge on any atom is -0.256 e. The molecule has 252 valence electrons. The van der Waals surface area contributed by atoms with Crippen LogP contribution in [-0.2, 0) is 0 Å². The van der Waals surface area contributed by atoms with Crippen LogP contribution in [0.1, 0.15) is 33.4 Å². The number of fused-ring (bicyclic) bond motifs is 8. The summed E-state index contributed by atoms with van der Waals surface area (Å²) in [5.74, 6) is 0. The van der Waals surface area contributed by atoms with Crippen molar-refractivity contribution in [3.8, 4) is 69.8 Å². The topological polar surface area (TPSA) is 169 Å². The van der Waals surface area contributed by atoms with Gasteiger partial charge in [0.25, 0.3) is 0 Å². The molecular formula is C48H20N8. The maximum atomic E-state index is 9.98. The Hall–Kier alpha value is -8.92. The fraction of sp³-hybridized carbons (Fsp3) is 0. The molecule has 2 aromatic heterocycles. The Morgan fingerprint density at radius 2 is 0.786 bits per heavy atom. The van der Waals surface area contributed by atoms with Gasteiger partial charge in [0.2, 0.25) is 0 Å². The predicted octanol–water partition coefficient (Wildman–Crippen LogP) is 10.5. The molecule has 0 saturated carbocycles. The highest BCUT2D eigenvalue weighted by Gasteiger charge is 2.21. The van der Waals surface area contributed by atoms with E-state index in [2.05, 4.69) is 48.5 Å². The number of nitrogens with zero attached hydrogens (tertiary/aromatic N) is 8. The highest BCUT2D eigenvalue weighted by Crippen LogP contribution is 2.44. The molecule has 0 atom stereocenters. The van der Waals surface area contributed by atoms with Crippen LogP contribution in [0.5, 0.6) is 0 Å². The van der Waals surface area contributed by atoms with Crippen LogP contribution in [0.2, 0.25) is 0 Å². The SMILES string of the molecule is N#Cc1cc(C#N)cc(-c2c3ncccc3c(-c3cccc(-c4ccc5c(c4)c4cc(C#N)c(C#N)cc4c4cc(C#N)c(C#N)cc54)c3)c3cccnc23)c1. The van der Waals surface area contributed by atoms with Crippen LogP contribution < -0.4 is 0 Å². The second kappa shape index (κ2) is 12.9. The number of aromatic nitrogens is 2. The van der Waals surface area contributed by atoms with Crippen molar-refractivity contribution in [3.63, 3.8) is 0 Å². The molecule has 56 heavy (non-hydrogen) atoms. The van der Waals surface area contributed by atoms with Gasteiger partial charge in [0.05, 0.1) is 56.6 Å². The number of hydrogen-bond donors (Lipinski definition) is 0. The summed E-state index contributed by atoms with van der Waals surface area (Å²) in [6, 6.07) is 46.9. The smallest absolute Gasteiger partial charge is 0.101 e. The summed E-state index contributed by atoms with van der Waals surface area (Å²) in [5, 5.41) is 65.5. The van der Waals surface area contributed by atoms with E-state index in [9.17, 15) is 31.6 Å². The number of benzene rings is 7. The first-order valence-electron chi connectivity index (χ1n) is 17.3. The van der Waals surface area contributed by atoms with Crippen LogP contribution in [-0.4, -0.2) is 9.97 Å². The molecule has 0 radical (unpaired) electrons. The summed E-state index contributed by atoms with van der Waals surface area (Å²) < 4.78 is 0. The standard InChI is InChI=1S/C48H20N8/c49-21-27-12-28(22-50)14-32(13-27)46-47-38(6-2-10-55-47)45(39-7-3-11-56-48(39)46)31-5-1-4-29(15-31)30-8-9-37-40(16-30)42-18-35(25-53)36(26-54)20-44(42)43-19-34(24-52)33(23-51)17-41(37)43/h1-20H. The Bertz CT molecular complexity index is 3410. The largest absolute Gasteiger partial charge is 0.256 e. The highest BCUT2D eigenvalue weighted by molar-refractivity contribution is 6.27. The fourth-order valence-corrected chi connectivity index (χ4v) is 7.85. The van der Waals surface area contributed by atoms with Crippen molar-refractivity contribution in [1.29, 1.82) is 31.6 Å². The molecule has 8 heteroatoms. The Balaban J connectivity index is 1.30. The molecule has 8 nitrogen and oxygen atoms in total. The molecule has 0 aliphatic carbocycles. The summed E-state index contributed by atoms with van der Waals surface area (Å²) in [7, 11) is 0. The van der Waals surface area contributed by atoms with E-state index in [1.165, 1.54) is 0 Å². The van der Waals surface area contributed by atoms with Crippen molar-refractivity contribution < 1.29 is 0 Å². The summed E-state index contributed by atoms with van der Waals surface area (Å²) >= 11 is 0. The lowest BCUT2D eigenvalue weighted by molar-refractivity contribution is 1.38. The van der Waals surface area contributed by atoms with Gasteiger partial charge in [0.15, 0.2) is 0 Å². The molecular weight excluding hydrogens is 689 g/mol. The first-order chi connectivity index (χ1) is 27.5. The summed E-state index contributed by atoms with van der Waals surface area (Å²) in [6.07, 6.45) is 3.45. The van der Waals surface area contributed by atoms with Gasteiger partial charge >= 0.3 is 0 Å². The van der Waals surface area contributed by atoms with Crippen LogP contribution in [0.15, 0.2) is 122 Å². The maximum absolute atomic E-state index is 9.98. The Labute approximate surface area is 319 Å². The van der Waals surface area contributed by atoms with E-state index in [4.69, 9.17) is 9.97 Å². The average molecular weight is 709 g/mol. The third kappa shape index (κ3) is 5.02. The molecule has 0 aliphatic heterocycles. The Morgan fingerprint density at radius 3 is 1.29 bits per heavy atom. The Morgan fingerprint density at radius 1 is 0.321 bits per heavy atom. The van der Waals surface area contributed by atoms with Crippen molar-refractivity contribution in [2.45, 2.75) is 0 Å². The van der Waals surface area contributed by atoms with Crippen molar-refractivity contribution >= 4 is 54.1 Å². The van der Waals surface area contributed by atoms with Crippen LogP contribution in [0.25, 0.3) is 87.5 Å². The first kappa shape index (κ1) is 33.0. The summed E-state index contributed by atoms with van der Waals surface area (Å²) in [4.78, 5) is 9.67. The van der Waals surface area contributed by atoms with E-state index in [1.807, 2.05) is 54.6 Å². The van der Waals surface area contributed by atoms with Gasteiger partial charge in [0.1, 0.15) is 24.3 Å². The summed E-state index contributed by atoms with van der Waals surface area (Å²) in [5.41, 5.74) is 8.14. The van der Waals surface area contributed by atoms with Gasteiger partial charge in [-0.15, -0.1) is 0 Å². The summed E-state index contributed by atoms with van der Waals surface area (Å²) in [6.45, 7) is 0. The minimum absolute atomic E-state index is 0.227. The zero-order valence-electron chi connectivity index (χ0n) is 29.1. The highest BCUT2D eigenvalue weighted by atomic mass is 14.7. The van der Waals surface area contributed by atoms with Crippen molar-refractivity contribution in [3.05, 3.63) is 155 Å². The first-order valence-corrected chi connectivity index (χ1v) is 17.3. The third-order valence-corrected chi connectivity index (χ3v) is 10.3. The number of nitriles is 6. The molecule has 0 N–H and O–H groups in total. The predicted molar refractivity (Wildman–Crippen MR) is 214 cm³/mol. The van der Waals surface area contributed by atoms with Crippen molar-refractivity contribution in [1.82, 2.24) is 9.97 Å². The van der Waals surface area contributed by atoms with Crippen molar-refractivity contribution in [2.75, 3.05) is 0 Å². The normalized spacial score (nSPS) is 10.8. The Kier molecular flexibility index (Phi) is 7.61. The number of hydrogen-bond acceptors (Lipinski definition) is 8. The van der Waals surface area contributed by atoms with Crippen LogP contribution >= 0.6 is 0 Å². The van der Waals surface area contributed by atoms with E-state index in [0.29, 0.717) is 38.5 Å². The van der Waals surface area contributed by atoms with E-state index >= 15 is 0 Å². The molecule has 9 rings (SSSR count). The van der Waals surface area contributed by atoms with Gasteiger partial charge in [-0.3, -0.25) is 9.97 Å². The van der Waals surface area contributed by atoms with Crippen LogP contribution in [0.3, 0.4) is 0 Å². The third-order valence-electron chi connectivity index (χ3n) is 10.3. The van der Waals surface area contributed by atoms with Gasteiger partial charge in [-0.2, -0.15) is 31.6 Å². The molecule has 2 heterocycles. The van der Waals surface area contributed by atoms with E-state index < -0.39 is 0 Å². The van der Waals surface area contributed by atoms with Gasteiger partial charge in [-0.25, -0.2) is 0 Å². The second-order valence-electron chi connectivity index (χ2n) is 13.2. The van der Waals surface area contributed by atoms with E-state index in [-0.39, 0.29) is 22.3 Å². The van der Waals surface area contributed by atoms with Crippen LogP contribution in [0.4, 0.5) is 0 Å². The lowest BCUT2D eigenvalue weighted by Crippen LogP contribution is -1.95. The molecule has 0 amide bonds. The van der Waals surface area contributed by atoms with Gasteiger partial charge in [-0.05, 0) is 121 Å². The fourth-order valence-electron chi connectivity index (χ4n) is 7.85. The minimum atomic E-state index is 0.227. The van der Waals surface area contributed by atoms with E-state index in [0.717, 1.165) is 60.1 Å². The molecule has 0 aliphatic rings. The number of pyridine rings is 2. The molecule has 0 bridgehead atoms.